The Morgan fingerprint density at radius 1 is 1.45 bits per heavy atom. The molecule has 1 aliphatic carbocycles. The number of terminal acetylenes is 1. The Balaban J connectivity index is 1.72. The summed E-state index contributed by atoms with van der Waals surface area (Å²) in [5.74, 6) is 2.54. The van der Waals surface area contributed by atoms with E-state index in [9.17, 15) is 14.7 Å². The van der Waals surface area contributed by atoms with E-state index in [1.807, 2.05) is 27.7 Å². The molecule has 202 valence electrons. The molecule has 0 aromatic heterocycles. The zero-order valence-corrected chi connectivity index (χ0v) is 22.6. The number of amides is 2. The fourth-order valence-corrected chi connectivity index (χ4v) is 5.44. The minimum absolute atomic E-state index is 0.112. The third-order valence-corrected chi connectivity index (χ3v) is 7.95. The van der Waals surface area contributed by atoms with Gasteiger partial charge in [-0.15, -0.1) is 6.42 Å². The van der Waals surface area contributed by atoms with E-state index >= 15 is 0 Å². The van der Waals surface area contributed by atoms with Gasteiger partial charge in [0, 0.05) is 18.2 Å². The summed E-state index contributed by atoms with van der Waals surface area (Å²) in [7, 11) is 1.55. The number of methoxy groups -OCH3 is 1. The fraction of sp³-hybridized carbons (Fsp3) is 0.483. The number of carbonyl (C=O) groups excluding carboxylic acids is 2. The van der Waals surface area contributed by atoms with Crippen LogP contribution in [0.25, 0.3) is 0 Å². The van der Waals surface area contributed by atoms with Gasteiger partial charge in [0.15, 0.2) is 5.96 Å². The number of guanidine groups is 1. The van der Waals surface area contributed by atoms with Gasteiger partial charge in [-0.25, -0.2) is 4.99 Å². The Labute approximate surface area is 223 Å². The average molecular weight is 521 g/mol. The summed E-state index contributed by atoms with van der Waals surface area (Å²) in [6.07, 6.45) is 9.20. The molecule has 0 bridgehead atoms. The normalized spacial score (nSPS) is 31.1. The number of allylic oxidation sites excluding steroid dienone is 1. The number of ether oxygens (including phenoxy) is 2. The molecule has 3 aliphatic rings. The van der Waals surface area contributed by atoms with Crippen LogP contribution < -0.4 is 15.8 Å². The number of aliphatic imine (C=N–C) groups is 1. The molecule has 2 heterocycles. The summed E-state index contributed by atoms with van der Waals surface area (Å²) in [4.78, 5) is 33.0. The number of hydrogen-bond donors (Lipinski definition) is 3. The molecule has 2 unspecified atom stereocenters. The van der Waals surface area contributed by atoms with Crippen molar-refractivity contribution in [2.45, 2.75) is 76.3 Å². The van der Waals surface area contributed by atoms with Crippen molar-refractivity contribution in [3.63, 3.8) is 0 Å². The summed E-state index contributed by atoms with van der Waals surface area (Å²) in [6, 6.07) is 3.77. The van der Waals surface area contributed by atoms with Crippen LogP contribution in [-0.2, 0) is 9.53 Å². The number of rotatable bonds is 6. The molecule has 1 aromatic rings. The molecular formula is C29H36N4O5. The first kappa shape index (κ1) is 27.4. The van der Waals surface area contributed by atoms with Gasteiger partial charge >= 0.3 is 0 Å². The third kappa shape index (κ3) is 4.82. The monoisotopic (exact) mass is 520 g/mol. The van der Waals surface area contributed by atoms with Gasteiger partial charge in [0.1, 0.15) is 24.0 Å². The van der Waals surface area contributed by atoms with Gasteiger partial charge in [0.2, 0.25) is 5.91 Å². The minimum Gasteiger partial charge on any atom is -0.490 e. The summed E-state index contributed by atoms with van der Waals surface area (Å²) >= 11 is 0. The number of aliphatic hydroxyl groups is 1. The van der Waals surface area contributed by atoms with Crippen LogP contribution in [0.1, 0.15) is 68.9 Å². The molecule has 38 heavy (non-hydrogen) atoms. The van der Waals surface area contributed by atoms with Gasteiger partial charge in [-0.1, -0.05) is 18.4 Å². The molecule has 0 saturated heterocycles. The number of nitrogens with two attached hydrogens (primary N) is 1. The van der Waals surface area contributed by atoms with Crippen molar-refractivity contribution >= 4 is 17.8 Å². The highest BCUT2D eigenvalue weighted by Gasteiger charge is 2.50. The van der Waals surface area contributed by atoms with E-state index in [-0.39, 0.29) is 30.8 Å². The van der Waals surface area contributed by atoms with Crippen molar-refractivity contribution in [1.29, 1.82) is 0 Å². The first-order valence-corrected chi connectivity index (χ1v) is 12.8. The number of benzene rings is 1. The molecule has 5 atom stereocenters. The Morgan fingerprint density at radius 2 is 2.18 bits per heavy atom. The largest absolute Gasteiger partial charge is 0.490 e. The number of nitrogens with zero attached hydrogens (tertiary/aromatic N) is 2. The summed E-state index contributed by atoms with van der Waals surface area (Å²) < 4.78 is 11.9. The fourth-order valence-electron chi connectivity index (χ4n) is 5.44. The van der Waals surface area contributed by atoms with Crippen LogP contribution in [0.3, 0.4) is 0 Å². The maximum absolute atomic E-state index is 13.5. The number of fused-ring (bicyclic) bond motifs is 1. The Kier molecular flexibility index (Phi) is 7.42. The lowest BCUT2D eigenvalue weighted by molar-refractivity contribution is -0.142. The number of carbonyl (C=O) groups is 2. The molecule has 1 aromatic carbocycles. The van der Waals surface area contributed by atoms with E-state index in [0.717, 1.165) is 11.1 Å². The molecule has 9 nitrogen and oxygen atoms in total. The maximum atomic E-state index is 13.5. The lowest BCUT2D eigenvalue weighted by Crippen LogP contribution is -2.59. The number of aliphatic hydroxyl groups excluding tert-OH is 1. The number of hydrogen-bond acceptors (Lipinski definition) is 7. The lowest BCUT2D eigenvalue weighted by Gasteiger charge is -2.48. The number of nitrogens with one attached hydrogen (secondary N) is 1. The first-order valence-electron chi connectivity index (χ1n) is 12.8. The Hall–Kier alpha value is -3.61. The summed E-state index contributed by atoms with van der Waals surface area (Å²) in [6.45, 7) is 7.81. The van der Waals surface area contributed by atoms with Crippen LogP contribution in [-0.4, -0.2) is 64.8 Å². The molecular weight excluding hydrogens is 484 g/mol. The molecule has 4 N–H and O–H groups in total. The second-order valence-corrected chi connectivity index (χ2v) is 10.7. The SMILES string of the molecule is C#C/C=C\C1=C(C)C[C@@H](O)[C@@H]1NC(=O)c1ccc2c(c1)C(N1C(=O)C[C@@](C)(CC)N=C1N)C(C)(OC)CO2. The first-order chi connectivity index (χ1) is 18.0. The van der Waals surface area contributed by atoms with E-state index in [2.05, 4.69) is 16.2 Å². The zero-order valence-electron chi connectivity index (χ0n) is 22.6. The van der Waals surface area contributed by atoms with Crippen molar-refractivity contribution < 1.29 is 24.2 Å². The molecule has 4 rings (SSSR count). The Bertz CT molecular complexity index is 1280. The highest BCUT2D eigenvalue weighted by molar-refractivity contribution is 6.00. The standard InChI is InChI=1S/C29H36N4O5/c1-7-9-10-19-17(3)13-21(34)24(19)31-26(36)18-11-12-22-20(14-18)25(29(5,37-6)16-38-22)33-23(35)15-28(4,8-2)32-27(33)30/h1,9-12,14,21,24-25,34H,8,13,15-16H2,2-6H3,(H2,30,32)(H,31,36)/b10-9-/t21-,24-,25?,28-,29?/m1/s1. The van der Waals surface area contributed by atoms with Crippen molar-refractivity contribution in [2.75, 3.05) is 13.7 Å². The van der Waals surface area contributed by atoms with Gasteiger partial charge in [-0.3, -0.25) is 14.5 Å². The van der Waals surface area contributed by atoms with Gasteiger partial charge in [-0.2, -0.15) is 0 Å². The highest BCUT2D eigenvalue weighted by Crippen LogP contribution is 2.45. The third-order valence-electron chi connectivity index (χ3n) is 7.95. The molecule has 0 spiro atoms. The van der Waals surface area contributed by atoms with Crippen LogP contribution in [0.4, 0.5) is 0 Å². The van der Waals surface area contributed by atoms with E-state index in [4.69, 9.17) is 21.6 Å². The van der Waals surface area contributed by atoms with E-state index in [1.54, 1.807) is 37.5 Å². The molecule has 0 fully saturated rings. The second kappa shape index (κ2) is 10.3. The van der Waals surface area contributed by atoms with Crippen molar-refractivity contribution in [3.8, 4) is 18.1 Å². The Morgan fingerprint density at radius 3 is 2.82 bits per heavy atom. The summed E-state index contributed by atoms with van der Waals surface area (Å²) in [5.41, 5.74) is 7.55. The predicted molar refractivity (Wildman–Crippen MR) is 144 cm³/mol. The van der Waals surface area contributed by atoms with Gasteiger partial charge in [0.25, 0.3) is 5.91 Å². The van der Waals surface area contributed by atoms with Crippen LogP contribution in [0.2, 0.25) is 0 Å². The maximum Gasteiger partial charge on any atom is 0.251 e. The molecule has 2 amide bonds. The van der Waals surface area contributed by atoms with Crippen LogP contribution >= 0.6 is 0 Å². The van der Waals surface area contributed by atoms with Crippen molar-refractivity contribution in [3.05, 3.63) is 52.6 Å². The van der Waals surface area contributed by atoms with Crippen molar-refractivity contribution in [2.24, 2.45) is 10.7 Å². The van der Waals surface area contributed by atoms with Crippen LogP contribution in [0, 0.1) is 12.3 Å². The van der Waals surface area contributed by atoms with Crippen LogP contribution in [0.5, 0.6) is 5.75 Å². The smallest absolute Gasteiger partial charge is 0.251 e. The highest BCUT2D eigenvalue weighted by atomic mass is 16.5. The second-order valence-electron chi connectivity index (χ2n) is 10.7. The van der Waals surface area contributed by atoms with E-state index in [1.165, 1.54) is 4.90 Å². The average Bonchev–Trinajstić information content (AvgIpc) is 3.14. The lowest BCUT2D eigenvalue weighted by atomic mass is 9.84. The van der Waals surface area contributed by atoms with Crippen molar-refractivity contribution in [1.82, 2.24) is 10.2 Å². The minimum atomic E-state index is -0.952. The molecule has 2 aliphatic heterocycles. The molecule has 0 saturated carbocycles. The quantitative estimate of drug-likeness (QED) is 0.495. The predicted octanol–water partition coefficient (Wildman–Crippen LogP) is 2.61. The topological polar surface area (TPSA) is 126 Å². The van der Waals surface area contributed by atoms with Gasteiger partial charge in [0.05, 0.1) is 24.1 Å². The van der Waals surface area contributed by atoms with Crippen LogP contribution in [0.15, 0.2) is 46.5 Å². The van der Waals surface area contributed by atoms with Gasteiger partial charge in [-0.05, 0) is 69.5 Å². The zero-order chi connectivity index (χ0) is 27.8. The van der Waals surface area contributed by atoms with Gasteiger partial charge < -0.3 is 25.6 Å². The summed E-state index contributed by atoms with van der Waals surface area (Å²) in [5, 5.41) is 13.5. The van der Waals surface area contributed by atoms with E-state index in [0.29, 0.717) is 29.7 Å². The van der Waals surface area contributed by atoms with E-state index < -0.39 is 29.3 Å². The molecule has 0 radical (unpaired) electrons. The molecule has 9 heteroatoms.